The molecule has 19 heavy (non-hydrogen) atoms. The van der Waals surface area contributed by atoms with E-state index < -0.39 is 33.7 Å². The van der Waals surface area contributed by atoms with Crippen molar-refractivity contribution in [1.82, 2.24) is 10.0 Å². The molecule has 0 saturated carbocycles. The molecule has 0 aliphatic rings. The van der Waals surface area contributed by atoms with E-state index in [0.717, 1.165) is 6.07 Å². The van der Waals surface area contributed by atoms with Crippen LogP contribution in [0.3, 0.4) is 0 Å². The van der Waals surface area contributed by atoms with Gasteiger partial charge in [0, 0.05) is 16.6 Å². The number of sulfonamides is 1. The second-order valence-electron chi connectivity index (χ2n) is 3.65. The lowest BCUT2D eigenvalue weighted by Crippen LogP contribution is -2.29. The fourth-order valence-electron chi connectivity index (χ4n) is 1.38. The topological polar surface area (TPSA) is 58.2 Å². The van der Waals surface area contributed by atoms with Crippen LogP contribution in [0.1, 0.15) is 5.56 Å². The fourth-order valence-corrected chi connectivity index (χ4v) is 3.19. The summed E-state index contributed by atoms with van der Waals surface area (Å²) in [7, 11) is -2.74. The molecule has 0 atom stereocenters. The first kappa shape index (κ1) is 16.4. The van der Waals surface area contributed by atoms with Gasteiger partial charge in [-0.2, -0.15) is 0 Å². The zero-order chi connectivity index (χ0) is 14.6. The third-order valence-electron chi connectivity index (χ3n) is 2.16. The van der Waals surface area contributed by atoms with E-state index in [-0.39, 0.29) is 12.1 Å². The molecular weight excluding hydrogens is 349 g/mol. The Bertz CT molecular complexity index is 552. The van der Waals surface area contributed by atoms with Crippen LogP contribution < -0.4 is 10.0 Å². The highest BCUT2D eigenvalue weighted by atomic mass is 79.9. The average Bonchev–Trinajstić information content (AvgIpc) is 2.31. The van der Waals surface area contributed by atoms with E-state index in [9.17, 15) is 21.6 Å². The number of hydrogen-bond acceptors (Lipinski definition) is 3. The van der Waals surface area contributed by atoms with Crippen LogP contribution in [0.5, 0.6) is 0 Å². The summed E-state index contributed by atoms with van der Waals surface area (Å²) in [6.45, 7) is -0.946. The maximum atomic E-state index is 14.0. The summed E-state index contributed by atoms with van der Waals surface area (Å²) in [6, 6.07) is 2.44. The molecule has 0 saturated heterocycles. The first-order valence-electron chi connectivity index (χ1n) is 5.18. The Morgan fingerprint density at radius 3 is 2.53 bits per heavy atom. The molecule has 9 heteroatoms. The summed E-state index contributed by atoms with van der Waals surface area (Å²) in [5.41, 5.74) is 0.120. The third kappa shape index (κ3) is 4.44. The Morgan fingerprint density at radius 2 is 2.00 bits per heavy atom. The van der Waals surface area contributed by atoms with Crippen molar-refractivity contribution < 1.29 is 21.6 Å². The Kier molecular flexibility index (Phi) is 5.78. The van der Waals surface area contributed by atoms with Crippen LogP contribution in [-0.4, -0.2) is 28.4 Å². The molecule has 0 spiro atoms. The van der Waals surface area contributed by atoms with Crippen molar-refractivity contribution in [2.24, 2.45) is 0 Å². The van der Waals surface area contributed by atoms with Crippen molar-refractivity contribution in [2.45, 2.75) is 17.9 Å². The molecule has 0 fully saturated rings. The van der Waals surface area contributed by atoms with Gasteiger partial charge in [-0.25, -0.2) is 26.3 Å². The van der Waals surface area contributed by atoms with Crippen molar-refractivity contribution in [1.29, 1.82) is 0 Å². The Labute approximate surface area is 117 Å². The van der Waals surface area contributed by atoms with Gasteiger partial charge in [0.05, 0.1) is 6.54 Å². The van der Waals surface area contributed by atoms with Gasteiger partial charge in [0.2, 0.25) is 10.0 Å². The van der Waals surface area contributed by atoms with E-state index in [4.69, 9.17) is 0 Å². The van der Waals surface area contributed by atoms with E-state index in [1.807, 2.05) is 0 Å². The minimum Gasteiger partial charge on any atom is -0.316 e. The minimum atomic E-state index is -4.31. The molecule has 1 aromatic carbocycles. The largest absolute Gasteiger partial charge is 0.316 e. The van der Waals surface area contributed by atoms with Gasteiger partial charge < -0.3 is 5.32 Å². The molecule has 1 rings (SSSR count). The monoisotopic (exact) mass is 360 g/mol. The highest BCUT2D eigenvalue weighted by Gasteiger charge is 2.23. The van der Waals surface area contributed by atoms with Crippen LogP contribution in [0.25, 0.3) is 0 Å². The summed E-state index contributed by atoms with van der Waals surface area (Å²) in [6.07, 6.45) is -2.85. The van der Waals surface area contributed by atoms with E-state index in [2.05, 4.69) is 21.2 Å². The second-order valence-corrected chi connectivity index (χ2v) is 6.30. The summed E-state index contributed by atoms with van der Waals surface area (Å²) < 4.78 is 63.5. The number of benzene rings is 1. The standard InChI is InChI=1S/C10H12BrF3N2O2S/c1-15-4-6-2-7(11)3-8(10(6)14)19(17,18)16-5-9(12)13/h2-3,9,15-16H,4-5H2,1H3. The van der Waals surface area contributed by atoms with Gasteiger partial charge in [-0.15, -0.1) is 0 Å². The van der Waals surface area contributed by atoms with Crippen LogP contribution in [0.4, 0.5) is 13.2 Å². The molecule has 0 aromatic heterocycles. The molecule has 2 N–H and O–H groups in total. The highest BCUT2D eigenvalue weighted by Crippen LogP contribution is 2.24. The number of halogens is 4. The molecule has 4 nitrogen and oxygen atoms in total. The minimum absolute atomic E-state index is 0.114. The van der Waals surface area contributed by atoms with Crippen molar-refractivity contribution >= 4 is 26.0 Å². The molecule has 0 amide bonds. The molecule has 0 aliphatic heterocycles. The van der Waals surface area contributed by atoms with Crippen molar-refractivity contribution in [3.63, 3.8) is 0 Å². The zero-order valence-corrected chi connectivity index (χ0v) is 12.3. The van der Waals surface area contributed by atoms with E-state index in [0.29, 0.717) is 4.47 Å². The lowest BCUT2D eigenvalue weighted by atomic mass is 10.2. The molecule has 0 unspecified atom stereocenters. The first-order valence-corrected chi connectivity index (χ1v) is 7.46. The van der Waals surface area contributed by atoms with Gasteiger partial charge in [0.25, 0.3) is 6.43 Å². The summed E-state index contributed by atoms with van der Waals surface area (Å²) in [5, 5.41) is 2.68. The van der Waals surface area contributed by atoms with Gasteiger partial charge in [-0.3, -0.25) is 0 Å². The number of hydrogen-bond donors (Lipinski definition) is 2. The van der Waals surface area contributed by atoms with Crippen LogP contribution in [-0.2, 0) is 16.6 Å². The number of alkyl halides is 2. The van der Waals surface area contributed by atoms with Crippen LogP contribution in [0, 0.1) is 5.82 Å². The molecule has 0 bridgehead atoms. The summed E-state index contributed by atoms with van der Waals surface area (Å²) >= 11 is 3.05. The van der Waals surface area contributed by atoms with Crippen molar-refractivity contribution in [2.75, 3.05) is 13.6 Å². The summed E-state index contributed by atoms with van der Waals surface area (Å²) in [5.74, 6) is -0.959. The average molecular weight is 361 g/mol. The van der Waals surface area contributed by atoms with Crippen molar-refractivity contribution in [3.05, 3.63) is 28.0 Å². The lowest BCUT2D eigenvalue weighted by molar-refractivity contribution is 0.153. The highest BCUT2D eigenvalue weighted by molar-refractivity contribution is 9.10. The normalized spacial score (nSPS) is 12.1. The SMILES string of the molecule is CNCc1cc(Br)cc(S(=O)(=O)NCC(F)F)c1F. The van der Waals surface area contributed by atoms with Gasteiger partial charge in [-0.05, 0) is 19.2 Å². The Hall–Kier alpha value is -0.640. The predicted molar refractivity (Wildman–Crippen MR) is 68.1 cm³/mol. The van der Waals surface area contributed by atoms with Crippen LogP contribution in [0.15, 0.2) is 21.5 Å². The molecule has 0 radical (unpaired) electrons. The molecule has 0 heterocycles. The van der Waals surface area contributed by atoms with Crippen LogP contribution >= 0.6 is 15.9 Å². The van der Waals surface area contributed by atoms with Crippen molar-refractivity contribution in [3.8, 4) is 0 Å². The maximum Gasteiger partial charge on any atom is 0.251 e. The number of nitrogens with one attached hydrogen (secondary N) is 2. The molecular formula is C10H12BrF3N2O2S. The number of rotatable bonds is 6. The smallest absolute Gasteiger partial charge is 0.251 e. The Balaban J connectivity index is 3.18. The van der Waals surface area contributed by atoms with Gasteiger partial charge >= 0.3 is 0 Å². The van der Waals surface area contributed by atoms with E-state index in [1.54, 1.807) is 11.8 Å². The third-order valence-corrected chi connectivity index (χ3v) is 4.04. The quantitative estimate of drug-likeness (QED) is 0.813. The molecule has 1 aromatic rings. The lowest BCUT2D eigenvalue weighted by Gasteiger charge is -2.11. The maximum absolute atomic E-state index is 14.0. The molecule has 108 valence electrons. The van der Waals surface area contributed by atoms with E-state index >= 15 is 0 Å². The predicted octanol–water partition coefficient (Wildman–Crippen LogP) is 1.85. The second kappa shape index (κ2) is 6.69. The fraction of sp³-hybridized carbons (Fsp3) is 0.400. The van der Waals surface area contributed by atoms with Gasteiger partial charge in [-0.1, -0.05) is 15.9 Å². The van der Waals surface area contributed by atoms with Gasteiger partial charge in [0.15, 0.2) is 0 Å². The van der Waals surface area contributed by atoms with Crippen LogP contribution in [0.2, 0.25) is 0 Å². The Morgan fingerprint density at radius 1 is 1.37 bits per heavy atom. The summed E-state index contributed by atoms with van der Waals surface area (Å²) in [4.78, 5) is -0.659. The first-order chi connectivity index (χ1) is 8.77. The van der Waals surface area contributed by atoms with Gasteiger partial charge in [0.1, 0.15) is 10.7 Å². The zero-order valence-electron chi connectivity index (χ0n) is 9.88. The molecule has 0 aliphatic carbocycles. The van der Waals surface area contributed by atoms with E-state index in [1.165, 1.54) is 6.07 Å².